The third-order valence-electron chi connectivity index (χ3n) is 6.31. The summed E-state index contributed by atoms with van der Waals surface area (Å²) >= 11 is 0. The summed E-state index contributed by atoms with van der Waals surface area (Å²) in [7, 11) is 0. The summed E-state index contributed by atoms with van der Waals surface area (Å²) in [5.74, 6) is 0.853. The lowest BCUT2D eigenvalue weighted by atomic mass is 10.0. The fourth-order valence-corrected chi connectivity index (χ4v) is 4.48. The zero-order valence-corrected chi connectivity index (χ0v) is 18.7. The molecule has 1 aliphatic heterocycles. The maximum absolute atomic E-state index is 13.0. The van der Waals surface area contributed by atoms with Crippen LogP contribution < -0.4 is 5.32 Å². The van der Waals surface area contributed by atoms with Crippen molar-refractivity contribution in [2.75, 3.05) is 13.1 Å². The molecule has 1 unspecified atom stereocenters. The summed E-state index contributed by atoms with van der Waals surface area (Å²) in [6.07, 6.45) is 3.99. The van der Waals surface area contributed by atoms with E-state index in [-0.39, 0.29) is 36.0 Å². The lowest BCUT2D eigenvalue weighted by molar-refractivity contribution is -0.120. The average molecular weight is 446 g/mol. The van der Waals surface area contributed by atoms with Crippen LogP contribution in [0, 0.1) is 5.92 Å². The van der Waals surface area contributed by atoms with Crippen molar-refractivity contribution in [2.24, 2.45) is 5.92 Å². The molecule has 0 bridgehead atoms. The topological polar surface area (TPSA) is 96.7 Å². The molecule has 2 fully saturated rings. The highest BCUT2D eigenvalue weighted by Crippen LogP contribution is 2.31. The number of carbonyl (C=O) groups excluding carboxylic acids is 3. The number of nitrogens with zero attached hydrogens (tertiary/aromatic N) is 4. The summed E-state index contributed by atoms with van der Waals surface area (Å²) in [4.78, 5) is 42.9. The molecule has 170 valence electrons. The molecule has 1 N–H and O–H groups in total. The van der Waals surface area contributed by atoms with Crippen LogP contribution in [0.1, 0.15) is 48.8 Å². The number of hydrogen-bond acceptors (Lipinski definition) is 5. The number of fused-ring (bicyclic) bond motifs is 1. The Morgan fingerprint density at radius 3 is 2.58 bits per heavy atom. The van der Waals surface area contributed by atoms with Gasteiger partial charge in [0.1, 0.15) is 5.78 Å². The van der Waals surface area contributed by atoms with Crippen molar-refractivity contribution in [1.29, 1.82) is 0 Å². The molecular formula is C25H27N5O3. The Morgan fingerprint density at radius 2 is 1.85 bits per heavy atom. The fourth-order valence-electron chi connectivity index (χ4n) is 4.48. The number of pyridine rings is 1. The first-order valence-electron chi connectivity index (χ1n) is 11.5. The molecule has 3 aromatic rings. The third kappa shape index (κ3) is 4.65. The number of amides is 2. The maximum Gasteiger partial charge on any atom is 0.253 e. The third-order valence-corrected chi connectivity index (χ3v) is 6.31. The molecule has 2 amide bonds. The number of ketones is 1. The number of rotatable bonds is 6. The van der Waals surface area contributed by atoms with Crippen molar-refractivity contribution >= 4 is 23.2 Å². The molecule has 2 aliphatic rings. The zero-order valence-electron chi connectivity index (χ0n) is 18.7. The highest BCUT2D eigenvalue weighted by Gasteiger charge is 2.30. The second kappa shape index (κ2) is 8.77. The fraction of sp³-hybridized carbons (Fsp3) is 0.400. The zero-order chi connectivity index (χ0) is 22.9. The van der Waals surface area contributed by atoms with Gasteiger partial charge in [0.25, 0.3) is 5.91 Å². The van der Waals surface area contributed by atoms with Crippen LogP contribution in [0.15, 0.2) is 42.5 Å². The van der Waals surface area contributed by atoms with Crippen LogP contribution in [-0.2, 0) is 16.0 Å². The summed E-state index contributed by atoms with van der Waals surface area (Å²) in [6, 6.07) is 13.2. The Morgan fingerprint density at radius 1 is 1.06 bits per heavy atom. The molecule has 0 spiro atoms. The number of nitrogens with one attached hydrogen (secondary N) is 1. The molecule has 33 heavy (non-hydrogen) atoms. The Hall–Kier alpha value is -3.55. The van der Waals surface area contributed by atoms with E-state index < -0.39 is 0 Å². The molecule has 8 heteroatoms. The van der Waals surface area contributed by atoms with Crippen LogP contribution in [0.3, 0.4) is 0 Å². The molecule has 1 aliphatic carbocycles. The van der Waals surface area contributed by atoms with Gasteiger partial charge in [-0.3, -0.25) is 14.4 Å². The van der Waals surface area contributed by atoms with E-state index in [0.717, 1.165) is 36.9 Å². The van der Waals surface area contributed by atoms with Crippen LogP contribution in [0.4, 0.5) is 0 Å². The minimum Gasteiger partial charge on any atom is -0.352 e. The van der Waals surface area contributed by atoms with Crippen LogP contribution in [0.25, 0.3) is 16.9 Å². The van der Waals surface area contributed by atoms with E-state index in [0.29, 0.717) is 30.1 Å². The van der Waals surface area contributed by atoms with Gasteiger partial charge >= 0.3 is 0 Å². The number of hydrogen-bond donors (Lipinski definition) is 1. The van der Waals surface area contributed by atoms with Crippen molar-refractivity contribution in [1.82, 2.24) is 24.8 Å². The molecule has 1 saturated carbocycles. The number of Topliss-reactive ketones (excluding diaryl/α,β-unsaturated/α-hetero) is 1. The lowest BCUT2D eigenvalue weighted by Crippen LogP contribution is -2.49. The van der Waals surface area contributed by atoms with E-state index in [1.165, 1.54) is 6.92 Å². The first-order chi connectivity index (χ1) is 16.0. The number of likely N-dealkylation sites (tertiary alicyclic amines) is 1. The van der Waals surface area contributed by atoms with Crippen LogP contribution in [-0.4, -0.2) is 56.2 Å². The van der Waals surface area contributed by atoms with Gasteiger partial charge in [-0.1, -0.05) is 18.2 Å². The second-order valence-electron chi connectivity index (χ2n) is 8.99. The van der Waals surface area contributed by atoms with Crippen LogP contribution in [0.5, 0.6) is 0 Å². The normalized spacial score (nSPS) is 18.3. The van der Waals surface area contributed by atoms with Crippen LogP contribution >= 0.6 is 0 Å². The number of piperidine rings is 1. The maximum atomic E-state index is 13.0. The van der Waals surface area contributed by atoms with E-state index in [2.05, 4.69) is 15.4 Å². The molecule has 8 nitrogen and oxygen atoms in total. The summed E-state index contributed by atoms with van der Waals surface area (Å²) in [6.45, 7) is 2.72. The van der Waals surface area contributed by atoms with Gasteiger partial charge in [0.2, 0.25) is 5.91 Å². The van der Waals surface area contributed by atoms with Gasteiger partial charge in [-0.25, -0.2) is 9.50 Å². The summed E-state index contributed by atoms with van der Waals surface area (Å²) in [5.41, 5.74) is 3.08. The van der Waals surface area contributed by atoms with Gasteiger partial charge in [-0.15, -0.1) is 0 Å². The highest BCUT2D eigenvalue weighted by molar-refractivity contribution is 5.95. The van der Waals surface area contributed by atoms with E-state index in [9.17, 15) is 14.4 Å². The monoisotopic (exact) mass is 445 g/mol. The average Bonchev–Trinajstić information content (AvgIpc) is 3.58. The van der Waals surface area contributed by atoms with Crippen molar-refractivity contribution in [3.63, 3.8) is 0 Å². The molecule has 5 rings (SSSR count). The first-order valence-corrected chi connectivity index (χ1v) is 11.5. The SMILES string of the molecule is CC(=O)NC1CCCN(C(=O)c2ccc(-c3cccc4nc(CC(=O)C5CC5)nn34)cc2)C1. The Bertz CT molecular complexity index is 1210. The highest BCUT2D eigenvalue weighted by atomic mass is 16.2. The number of carbonyl (C=O) groups is 3. The summed E-state index contributed by atoms with van der Waals surface area (Å²) in [5, 5.41) is 7.50. The van der Waals surface area contributed by atoms with Gasteiger partial charge in [0.05, 0.1) is 12.1 Å². The van der Waals surface area contributed by atoms with Gasteiger partial charge in [-0.05, 0) is 49.9 Å². The number of benzene rings is 1. The first kappa shape index (κ1) is 21.3. The van der Waals surface area contributed by atoms with Gasteiger partial charge in [0.15, 0.2) is 11.5 Å². The van der Waals surface area contributed by atoms with Gasteiger partial charge < -0.3 is 10.2 Å². The molecular weight excluding hydrogens is 418 g/mol. The van der Waals surface area contributed by atoms with E-state index >= 15 is 0 Å². The van der Waals surface area contributed by atoms with Crippen molar-refractivity contribution in [3.8, 4) is 11.3 Å². The van der Waals surface area contributed by atoms with Crippen molar-refractivity contribution < 1.29 is 14.4 Å². The van der Waals surface area contributed by atoms with E-state index in [4.69, 9.17) is 0 Å². The standard InChI is InChI=1S/C25H27N5O3/c1-16(31)26-20-4-3-13-29(15-20)25(33)19-11-7-17(8-12-19)21-5-2-6-24-27-23(28-30(21)24)14-22(32)18-9-10-18/h2,5-8,11-12,18,20H,3-4,9-10,13-15H2,1H3,(H,26,31). The van der Waals surface area contributed by atoms with Crippen molar-refractivity contribution in [2.45, 2.75) is 45.1 Å². The predicted octanol–water partition coefficient (Wildman–Crippen LogP) is 2.66. The van der Waals surface area contributed by atoms with E-state index in [1.54, 1.807) is 9.42 Å². The minimum atomic E-state index is -0.0685. The largest absolute Gasteiger partial charge is 0.352 e. The smallest absolute Gasteiger partial charge is 0.253 e. The number of aromatic nitrogens is 3. The molecule has 2 aromatic heterocycles. The Labute approximate surface area is 192 Å². The predicted molar refractivity (Wildman–Crippen MR) is 123 cm³/mol. The van der Waals surface area contributed by atoms with Crippen LogP contribution in [0.2, 0.25) is 0 Å². The van der Waals surface area contributed by atoms with Gasteiger partial charge in [0, 0.05) is 43.1 Å². The second-order valence-corrected chi connectivity index (χ2v) is 8.99. The molecule has 3 heterocycles. The van der Waals surface area contributed by atoms with Gasteiger partial charge in [-0.2, -0.15) is 5.10 Å². The Balaban J connectivity index is 1.33. The van der Waals surface area contributed by atoms with Crippen molar-refractivity contribution in [3.05, 3.63) is 53.9 Å². The molecule has 0 radical (unpaired) electrons. The molecule has 1 aromatic carbocycles. The quantitative estimate of drug-likeness (QED) is 0.629. The molecule has 1 atom stereocenters. The Kier molecular flexibility index (Phi) is 5.66. The minimum absolute atomic E-state index is 0.00498. The summed E-state index contributed by atoms with van der Waals surface area (Å²) < 4.78 is 1.76. The molecule has 1 saturated heterocycles. The van der Waals surface area contributed by atoms with E-state index in [1.807, 2.05) is 42.5 Å². The lowest BCUT2D eigenvalue weighted by Gasteiger charge is -2.33.